The van der Waals surface area contributed by atoms with Crippen molar-refractivity contribution in [3.8, 4) is 5.75 Å². The number of nitrogens with one attached hydrogen (secondary N) is 1. The quantitative estimate of drug-likeness (QED) is 0.164. The number of sulfonamides is 1. The SMILES string of the molecule is COc1ccc(S(=O)(=O)N(CC(=O)N(Cc2cccc(Cl)c2)[C@H](Cc2ccccc2)C(=O)NC2CCCC2)c2ccc(Cl)cc2)cc1. The van der Waals surface area contributed by atoms with Crippen LogP contribution in [-0.2, 0) is 32.6 Å². The van der Waals surface area contributed by atoms with Crippen LogP contribution < -0.4 is 14.4 Å². The molecule has 1 saturated carbocycles. The Morgan fingerprint density at radius 3 is 2.15 bits per heavy atom. The van der Waals surface area contributed by atoms with Crippen LogP contribution in [0, 0.1) is 0 Å². The Hall–Kier alpha value is -4.05. The van der Waals surface area contributed by atoms with Gasteiger partial charge in [0.2, 0.25) is 11.8 Å². The highest BCUT2D eigenvalue weighted by Gasteiger charge is 2.35. The minimum atomic E-state index is -4.26. The molecule has 0 bridgehead atoms. The average Bonchev–Trinajstić information content (AvgIpc) is 3.59. The molecule has 4 aromatic carbocycles. The average molecular weight is 695 g/mol. The first-order chi connectivity index (χ1) is 22.6. The zero-order valence-electron chi connectivity index (χ0n) is 26.0. The number of rotatable bonds is 13. The Labute approximate surface area is 286 Å². The summed E-state index contributed by atoms with van der Waals surface area (Å²) in [5.41, 5.74) is 1.81. The van der Waals surface area contributed by atoms with Gasteiger partial charge in [0, 0.05) is 29.1 Å². The molecule has 2 amide bonds. The monoisotopic (exact) mass is 693 g/mol. The minimum Gasteiger partial charge on any atom is -0.497 e. The van der Waals surface area contributed by atoms with Crippen molar-refractivity contribution < 1.29 is 22.7 Å². The predicted molar refractivity (Wildman–Crippen MR) is 185 cm³/mol. The summed E-state index contributed by atoms with van der Waals surface area (Å²) in [4.78, 5) is 30.1. The molecule has 4 aromatic rings. The van der Waals surface area contributed by atoms with Crippen molar-refractivity contribution in [2.75, 3.05) is 18.0 Å². The molecular weight excluding hydrogens is 657 g/mol. The number of carbonyl (C=O) groups is 2. The highest BCUT2D eigenvalue weighted by molar-refractivity contribution is 7.92. The van der Waals surface area contributed by atoms with E-state index in [9.17, 15) is 18.0 Å². The molecule has 1 N–H and O–H groups in total. The third-order valence-corrected chi connectivity index (χ3v) is 10.5. The molecule has 0 radical (unpaired) electrons. The second-order valence-corrected chi connectivity index (χ2v) is 14.2. The number of ether oxygens (including phenoxy) is 1. The number of hydrogen-bond donors (Lipinski definition) is 1. The van der Waals surface area contributed by atoms with Gasteiger partial charge in [-0.1, -0.05) is 78.5 Å². The van der Waals surface area contributed by atoms with E-state index in [4.69, 9.17) is 27.9 Å². The van der Waals surface area contributed by atoms with Crippen LogP contribution >= 0.6 is 23.2 Å². The van der Waals surface area contributed by atoms with Crippen molar-refractivity contribution in [2.45, 2.75) is 55.6 Å². The molecule has 0 unspecified atom stereocenters. The molecular formula is C36H37Cl2N3O5S. The molecule has 47 heavy (non-hydrogen) atoms. The van der Waals surface area contributed by atoms with Gasteiger partial charge in [-0.2, -0.15) is 0 Å². The van der Waals surface area contributed by atoms with E-state index in [0.717, 1.165) is 35.6 Å². The van der Waals surface area contributed by atoms with Crippen LogP contribution in [0.25, 0.3) is 0 Å². The van der Waals surface area contributed by atoms with E-state index in [-0.39, 0.29) is 35.5 Å². The molecule has 1 fully saturated rings. The number of benzene rings is 4. The summed E-state index contributed by atoms with van der Waals surface area (Å²) in [6.45, 7) is -0.537. The maximum absolute atomic E-state index is 14.6. The van der Waals surface area contributed by atoms with E-state index in [1.165, 1.54) is 24.1 Å². The minimum absolute atomic E-state index is 0.0184. The molecule has 1 aliphatic rings. The molecule has 0 aliphatic heterocycles. The van der Waals surface area contributed by atoms with Crippen molar-refractivity contribution in [2.24, 2.45) is 0 Å². The van der Waals surface area contributed by atoms with Gasteiger partial charge in [-0.25, -0.2) is 8.42 Å². The second kappa shape index (κ2) is 15.7. The lowest BCUT2D eigenvalue weighted by molar-refractivity contribution is -0.140. The second-order valence-electron chi connectivity index (χ2n) is 11.5. The van der Waals surface area contributed by atoms with Gasteiger partial charge < -0.3 is 15.0 Å². The van der Waals surface area contributed by atoms with Gasteiger partial charge in [0.05, 0.1) is 17.7 Å². The maximum Gasteiger partial charge on any atom is 0.264 e. The molecule has 11 heteroatoms. The van der Waals surface area contributed by atoms with Crippen molar-refractivity contribution in [3.63, 3.8) is 0 Å². The Morgan fingerprint density at radius 2 is 1.51 bits per heavy atom. The van der Waals surface area contributed by atoms with Gasteiger partial charge in [-0.3, -0.25) is 13.9 Å². The fourth-order valence-corrected chi connectivity index (χ4v) is 7.52. The summed E-state index contributed by atoms with van der Waals surface area (Å²) < 4.78 is 34.6. The third-order valence-electron chi connectivity index (χ3n) is 8.26. The van der Waals surface area contributed by atoms with Crippen LogP contribution in [0.4, 0.5) is 5.69 Å². The zero-order valence-corrected chi connectivity index (χ0v) is 28.3. The Morgan fingerprint density at radius 1 is 0.851 bits per heavy atom. The summed E-state index contributed by atoms with van der Waals surface area (Å²) in [6, 6.07) is 27.8. The fraction of sp³-hybridized carbons (Fsp3) is 0.278. The number of carbonyl (C=O) groups excluding carboxylic acids is 2. The fourth-order valence-electron chi connectivity index (χ4n) is 5.76. The summed E-state index contributed by atoms with van der Waals surface area (Å²) in [6.07, 6.45) is 4.03. The van der Waals surface area contributed by atoms with Gasteiger partial charge >= 0.3 is 0 Å². The molecule has 8 nitrogen and oxygen atoms in total. The Bertz CT molecular complexity index is 1760. The summed E-state index contributed by atoms with van der Waals surface area (Å²) >= 11 is 12.5. The van der Waals surface area contributed by atoms with Crippen molar-refractivity contribution in [3.05, 3.63) is 124 Å². The van der Waals surface area contributed by atoms with Crippen molar-refractivity contribution in [1.29, 1.82) is 0 Å². The lowest BCUT2D eigenvalue weighted by atomic mass is 10.0. The molecule has 1 aliphatic carbocycles. The summed E-state index contributed by atoms with van der Waals surface area (Å²) in [5, 5.41) is 4.07. The van der Waals surface area contributed by atoms with Gasteiger partial charge in [-0.05, 0) is 84.6 Å². The van der Waals surface area contributed by atoms with E-state index in [1.54, 1.807) is 54.6 Å². The van der Waals surface area contributed by atoms with E-state index in [2.05, 4.69) is 5.32 Å². The molecule has 0 aromatic heterocycles. The maximum atomic E-state index is 14.6. The first kappa shape index (κ1) is 34.3. The Balaban J connectivity index is 1.56. The van der Waals surface area contributed by atoms with Crippen LogP contribution in [0.15, 0.2) is 108 Å². The smallest absolute Gasteiger partial charge is 0.264 e. The molecule has 246 valence electrons. The number of hydrogen-bond acceptors (Lipinski definition) is 5. The van der Waals surface area contributed by atoms with Crippen molar-refractivity contribution in [1.82, 2.24) is 10.2 Å². The molecule has 0 spiro atoms. The number of halogens is 2. The van der Waals surface area contributed by atoms with Crippen LogP contribution in [0.5, 0.6) is 5.75 Å². The predicted octanol–water partition coefficient (Wildman–Crippen LogP) is 6.90. The highest BCUT2D eigenvalue weighted by atomic mass is 35.5. The number of amides is 2. The summed E-state index contributed by atoms with van der Waals surface area (Å²) in [5.74, 6) is -0.352. The normalized spacial score (nSPS) is 13.9. The molecule has 0 heterocycles. The first-order valence-corrected chi connectivity index (χ1v) is 17.6. The largest absolute Gasteiger partial charge is 0.497 e. The van der Waals surface area contributed by atoms with E-state index in [1.807, 2.05) is 36.4 Å². The molecule has 1 atom stereocenters. The summed E-state index contributed by atoms with van der Waals surface area (Å²) in [7, 11) is -2.77. The van der Waals surface area contributed by atoms with Crippen LogP contribution in [0.2, 0.25) is 10.0 Å². The van der Waals surface area contributed by atoms with Gasteiger partial charge in [0.25, 0.3) is 10.0 Å². The standard InChI is InChI=1S/C36H37Cl2N3O5S/c1-46-32-18-20-33(21-19-32)47(44,45)41(31-16-14-28(37)15-17-31)25-35(42)40(24-27-10-7-11-29(38)22-27)34(23-26-8-3-2-4-9-26)36(43)39-30-12-5-6-13-30/h2-4,7-11,14-22,30,34H,5-6,12-13,23-25H2,1H3,(H,39,43)/t34-/m1/s1. The lowest BCUT2D eigenvalue weighted by Gasteiger charge is -2.34. The van der Waals surface area contributed by atoms with E-state index >= 15 is 0 Å². The first-order valence-electron chi connectivity index (χ1n) is 15.4. The van der Waals surface area contributed by atoms with Gasteiger partial charge in [0.15, 0.2) is 0 Å². The van der Waals surface area contributed by atoms with E-state index < -0.39 is 28.5 Å². The number of nitrogens with zero attached hydrogens (tertiary/aromatic N) is 2. The topological polar surface area (TPSA) is 96.0 Å². The van der Waals surface area contributed by atoms with E-state index in [0.29, 0.717) is 21.4 Å². The van der Waals surface area contributed by atoms with Gasteiger partial charge in [-0.15, -0.1) is 0 Å². The van der Waals surface area contributed by atoms with Crippen LogP contribution in [0.1, 0.15) is 36.8 Å². The highest BCUT2D eigenvalue weighted by Crippen LogP contribution is 2.28. The van der Waals surface area contributed by atoms with Gasteiger partial charge in [0.1, 0.15) is 18.3 Å². The lowest BCUT2D eigenvalue weighted by Crippen LogP contribution is -2.54. The Kier molecular flexibility index (Phi) is 11.4. The molecule has 5 rings (SSSR count). The zero-order chi connectivity index (χ0) is 33.4. The third kappa shape index (κ3) is 8.86. The van der Waals surface area contributed by atoms with Crippen LogP contribution in [-0.4, -0.2) is 50.9 Å². The van der Waals surface area contributed by atoms with Crippen molar-refractivity contribution >= 4 is 50.7 Å². The van der Waals surface area contributed by atoms with Crippen LogP contribution in [0.3, 0.4) is 0 Å². The number of methoxy groups -OCH3 is 1. The number of anilines is 1. The molecule has 0 saturated heterocycles.